The highest BCUT2D eigenvalue weighted by Crippen LogP contribution is 2.27. The summed E-state index contributed by atoms with van der Waals surface area (Å²) in [7, 11) is -3.24. The molecule has 7 nitrogen and oxygen atoms in total. The van der Waals surface area contributed by atoms with Gasteiger partial charge in [0.1, 0.15) is 5.82 Å². The van der Waals surface area contributed by atoms with Crippen LogP contribution in [0.4, 0.5) is 0 Å². The minimum atomic E-state index is -3.24. The maximum atomic E-state index is 12.1. The summed E-state index contributed by atoms with van der Waals surface area (Å²) in [6.45, 7) is 8.31. The molecule has 1 amide bonds. The van der Waals surface area contributed by atoms with Gasteiger partial charge in [-0.05, 0) is 27.7 Å². The topological polar surface area (TPSA) is 84.3 Å². The van der Waals surface area contributed by atoms with Crippen LogP contribution in [0, 0.1) is 0 Å². The van der Waals surface area contributed by atoms with Crippen molar-refractivity contribution < 1.29 is 13.2 Å². The van der Waals surface area contributed by atoms with E-state index < -0.39 is 10.0 Å². The van der Waals surface area contributed by atoms with Crippen molar-refractivity contribution in [2.24, 2.45) is 0 Å². The van der Waals surface area contributed by atoms with Gasteiger partial charge in [-0.1, -0.05) is 0 Å². The van der Waals surface area contributed by atoms with Gasteiger partial charge in [0, 0.05) is 25.3 Å². The van der Waals surface area contributed by atoms with Crippen LogP contribution in [0.2, 0.25) is 0 Å². The molecule has 1 aromatic rings. The van der Waals surface area contributed by atoms with Crippen molar-refractivity contribution in [3.8, 4) is 0 Å². The van der Waals surface area contributed by atoms with E-state index in [4.69, 9.17) is 0 Å². The molecule has 8 heteroatoms. The van der Waals surface area contributed by atoms with Crippen molar-refractivity contribution in [3.63, 3.8) is 0 Å². The summed E-state index contributed by atoms with van der Waals surface area (Å²) in [6.07, 6.45) is 2.06. The van der Waals surface area contributed by atoms with Crippen LogP contribution in [-0.4, -0.2) is 46.5 Å². The molecule has 22 heavy (non-hydrogen) atoms. The number of carbonyl (C=O) groups excluding carboxylic acids is 1. The maximum Gasteiger partial charge on any atom is 0.226 e. The average molecular weight is 328 g/mol. The van der Waals surface area contributed by atoms with Crippen molar-refractivity contribution in [1.82, 2.24) is 19.2 Å². The molecule has 1 aliphatic heterocycles. The van der Waals surface area contributed by atoms with Crippen LogP contribution >= 0.6 is 0 Å². The summed E-state index contributed by atoms with van der Waals surface area (Å²) in [6, 6.07) is -0.213. The third-order valence-electron chi connectivity index (χ3n) is 3.74. The van der Waals surface area contributed by atoms with Crippen molar-refractivity contribution in [2.45, 2.75) is 52.7 Å². The minimum absolute atomic E-state index is 0.0730. The molecule has 1 N–H and O–H groups in total. The van der Waals surface area contributed by atoms with Crippen LogP contribution in [0.15, 0.2) is 6.20 Å². The summed E-state index contributed by atoms with van der Waals surface area (Å²) >= 11 is 0. The van der Waals surface area contributed by atoms with E-state index in [1.54, 1.807) is 6.92 Å². The van der Waals surface area contributed by atoms with Crippen LogP contribution in [0.5, 0.6) is 0 Å². The Kier molecular flexibility index (Phi) is 4.91. The molecule has 0 saturated carbocycles. The van der Waals surface area contributed by atoms with Gasteiger partial charge < -0.3 is 9.88 Å². The Morgan fingerprint density at radius 1 is 1.45 bits per heavy atom. The lowest BCUT2D eigenvalue weighted by atomic mass is 10.2. The van der Waals surface area contributed by atoms with Crippen LogP contribution in [0.1, 0.15) is 45.3 Å². The molecule has 1 aliphatic rings. The maximum absolute atomic E-state index is 12.1. The van der Waals surface area contributed by atoms with Gasteiger partial charge in [0.2, 0.25) is 15.9 Å². The second-order valence-electron chi connectivity index (χ2n) is 5.87. The lowest BCUT2D eigenvalue weighted by molar-refractivity contribution is -0.120. The van der Waals surface area contributed by atoms with Crippen molar-refractivity contribution in [3.05, 3.63) is 17.7 Å². The summed E-state index contributed by atoms with van der Waals surface area (Å²) in [5, 5.41) is 2.83. The third-order valence-corrected chi connectivity index (χ3v) is 5.68. The van der Waals surface area contributed by atoms with Crippen molar-refractivity contribution >= 4 is 15.9 Å². The standard InChI is InChI=1S/C14H24N4O3S/c1-5-22(20,21)18-7-6-17-9-12(16-14(17)11(18)4)8-13(19)15-10(2)3/h9-11H,5-8H2,1-4H3,(H,15,19)/t11-/m1/s1. The Morgan fingerprint density at radius 2 is 2.14 bits per heavy atom. The lowest BCUT2D eigenvalue weighted by Gasteiger charge is -2.32. The first-order chi connectivity index (χ1) is 10.2. The monoisotopic (exact) mass is 328 g/mol. The van der Waals surface area contributed by atoms with Gasteiger partial charge in [-0.2, -0.15) is 4.31 Å². The highest BCUT2D eigenvalue weighted by molar-refractivity contribution is 7.89. The molecule has 0 aromatic carbocycles. The van der Waals surface area contributed by atoms with E-state index in [0.29, 0.717) is 24.6 Å². The first-order valence-electron chi connectivity index (χ1n) is 7.59. The van der Waals surface area contributed by atoms with Gasteiger partial charge in [0.05, 0.1) is 23.9 Å². The Hall–Kier alpha value is -1.41. The van der Waals surface area contributed by atoms with Gasteiger partial charge in [-0.3, -0.25) is 4.79 Å². The van der Waals surface area contributed by atoms with Gasteiger partial charge in [0.25, 0.3) is 0 Å². The largest absolute Gasteiger partial charge is 0.354 e. The molecular formula is C14H24N4O3S. The Labute approximate surface area is 131 Å². The third kappa shape index (κ3) is 3.49. The first kappa shape index (κ1) is 17.0. The number of fused-ring (bicyclic) bond motifs is 1. The first-order valence-corrected chi connectivity index (χ1v) is 9.20. The molecule has 0 aliphatic carbocycles. The molecule has 0 spiro atoms. The SMILES string of the molecule is CCS(=O)(=O)N1CCn2cc(CC(=O)NC(C)C)nc2[C@H]1C. The summed E-state index contributed by atoms with van der Waals surface area (Å²) in [5.41, 5.74) is 0.677. The molecule has 0 saturated heterocycles. The molecule has 2 heterocycles. The molecule has 0 radical (unpaired) electrons. The second kappa shape index (κ2) is 6.37. The Bertz CT molecular complexity index is 651. The van der Waals surface area contributed by atoms with Crippen molar-refractivity contribution in [1.29, 1.82) is 0 Å². The number of hydrogen-bond acceptors (Lipinski definition) is 4. The number of aromatic nitrogens is 2. The van der Waals surface area contributed by atoms with Crippen LogP contribution < -0.4 is 5.32 Å². The highest BCUT2D eigenvalue weighted by atomic mass is 32.2. The van der Waals surface area contributed by atoms with Gasteiger partial charge in [0.15, 0.2) is 0 Å². The number of nitrogens with one attached hydrogen (secondary N) is 1. The fraction of sp³-hybridized carbons (Fsp3) is 0.714. The van der Waals surface area contributed by atoms with Gasteiger partial charge in [-0.25, -0.2) is 13.4 Å². The highest BCUT2D eigenvalue weighted by Gasteiger charge is 2.33. The predicted octanol–water partition coefficient (Wildman–Crippen LogP) is 0.676. The number of sulfonamides is 1. The van der Waals surface area contributed by atoms with E-state index in [9.17, 15) is 13.2 Å². The van der Waals surface area contributed by atoms with E-state index >= 15 is 0 Å². The number of hydrogen-bond donors (Lipinski definition) is 1. The summed E-state index contributed by atoms with van der Waals surface area (Å²) < 4.78 is 27.7. The molecule has 0 bridgehead atoms. The van der Waals surface area contributed by atoms with E-state index in [1.165, 1.54) is 4.31 Å². The van der Waals surface area contributed by atoms with E-state index in [1.807, 2.05) is 31.5 Å². The molecule has 1 atom stereocenters. The summed E-state index contributed by atoms with van der Waals surface area (Å²) in [5.74, 6) is 0.716. The molecule has 0 unspecified atom stereocenters. The van der Waals surface area contributed by atoms with Crippen molar-refractivity contribution in [2.75, 3.05) is 12.3 Å². The molecular weight excluding hydrogens is 304 g/mol. The smallest absolute Gasteiger partial charge is 0.226 e. The number of amides is 1. The van der Waals surface area contributed by atoms with Crippen LogP contribution in [-0.2, 0) is 27.8 Å². The van der Waals surface area contributed by atoms with Gasteiger partial charge >= 0.3 is 0 Å². The zero-order valence-electron chi connectivity index (χ0n) is 13.5. The fourth-order valence-corrected chi connectivity index (χ4v) is 3.96. The number of carbonyl (C=O) groups is 1. The minimum Gasteiger partial charge on any atom is -0.354 e. The van der Waals surface area contributed by atoms with E-state index in [-0.39, 0.29) is 30.2 Å². The predicted molar refractivity (Wildman–Crippen MR) is 83.8 cm³/mol. The zero-order valence-corrected chi connectivity index (χ0v) is 14.4. The van der Waals surface area contributed by atoms with Gasteiger partial charge in [-0.15, -0.1) is 0 Å². The molecule has 124 valence electrons. The van der Waals surface area contributed by atoms with E-state index in [0.717, 1.165) is 0 Å². The molecule has 2 rings (SSSR count). The van der Waals surface area contributed by atoms with Crippen LogP contribution in [0.25, 0.3) is 0 Å². The average Bonchev–Trinajstić information content (AvgIpc) is 2.81. The second-order valence-corrected chi connectivity index (χ2v) is 8.08. The number of rotatable bonds is 5. The summed E-state index contributed by atoms with van der Waals surface area (Å²) in [4.78, 5) is 16.3. The quantitative estimate of drug-likeness (QED) is 0.861. The van der Waals surface area contributed by atoms with E-state index in [2.05, 4.69) is 10.3 Å². The zero-order chi connectivity index (χ0) is 16.5. The number of nitrogens with zero attached hydrogens (tertiary/aromatic N) is 3. The fourth-order valence-electron chi connectivity index (χ4n) is 2.70. The molecule has 1 aromatic heterocycles. The number of imidazole rings is 1. The Balaban J connectivity index is 2.17. The normalized spacial score (nSPS) is 19.2. The molecule has 0 fully saturated rings. The lowest BCUT2D eigenvalue weighted by Crippen LogP contribution is -2.41. The Morgan fingerprint density at radius 3 is 2.73 bits per heavy atom. The van der Waals surface area contributed by atoms with Crippen LogP contribution in [0.3, 0.4) is 0 Å².